The molecule has 2 N–H and O–H groups in total. The van der Waals surface area contributed by atoms with Gasteiger partial charge in [-0.3, -0.25) is 14.1 Å². The van der Waals surface area contributed by atoms with Crippen LogP contribution in [-0.2, 0) is 10.0 Å². The van der Waals surface area contributed by atoms with Gasteiger partial charge in [-0.1, -0.05) is 6.07 Å². The molecule has 0 fully saturated rings. The Morgan fingerprint density at radius 1 is 1.10 bits per heavy atom. The van der Waals surface area contributed by atoms with Gasteiger partial charge in [0.05, 0.1) is 27.5 Å². The molecule has 0 bridgehead atoms. The predicted octanol–water partition coefficient (Wildman–Crippen LogP) is 5.63. The van der Waals surface area contributed by atoms with Crippen LogP contribution in [0.5, 0.6) is 0 Å². The summed E-state index contributed by atoms with van der Waals surface area (Å²) in [5.74, 6) is -4.47. The van der Waals surface area contributed by atoms with Crippen LogP contribution < -0.4 is 4.72 Å². The number of carbonyl (C=O) groups is 1. The summed E-state index contributed by atoms with van der Waals surface area (Å²) in [6.07, 6.45) is 6.28. The SMILES string of the molecule is Cc1cn(-c2nc(-c3cnc4[nH]cc(C(=O)c5c(F)ccc(NS(=O)(=O)c6cccc(F)c6)c5F)c4c3)cs2)cn1. The summed E-state index contributed by atoms with van der Waals surface area (Å²) >= 11 is 1.37. The van der Waals surface area contributed by atoms with E-state index >= 15 is 4.39 Å². The fourth-order valence-corrected chi connectivity index (χ4v) is 6.05. The van der Waals surface area contributed by atoms with Crippen molar-refractivity contribution in [3.05, 3.63) is 107 Å². The summed E-state index contributed by atoms with van der Waals surface area (Å²) in [4.78, 5) is 28.9. The molecule has 0 amide bonds. The van der Waals surface area contributed by atoms with Crippen molar-refractivity contribution >= 4 is 43.9 Å². The smallest absolute Gasteiger partial charge is 0.262 e. The molecule has 0 aliphatic carbocycles. The number of aromatic amines is 1. The highest BCUT2D eigenvalue weighted by atomic mass is 32.2. The summed E-state index contributed by atoms with van der Waals surface area (Å²) in [6, 6.07) is 7.30. The number of nitrogens with one attached hydrogen (secondary N) is 2. The monoisotopic (exact) mass is 594 g/mol. The van der Waals surface area contributed by atoms with Crippen LogP contribution >= 0.6 is 11.3 Å². The molecule has 206 valence electrons. The molecule has 0 saturated carbocycles. The second-order valence-corrected chi connectivity index (χ2v) is 11.5. The number of thiazole rings is 1. The lowest BCUT2D eigenvalue weighted by atomic mass is 10.0. The molecule has 4 aromatic heterocycles. The Hall–Kier alpha value is -4.82. The molecule has 0 saturated heterocycles. The number of fused-ring (bicyclic) bond motifs is 1. The van der Waals surface area contributed by atoms with Crippen molar-refractivity contribution in [2.45, 2.75) is 11.8 Å². The molecular formula is C27H17F3N6O3S2. The minimum Gasteiger partial charge on any atom is -0.345 e. The Kier molecular flexibility index (Phi) is 6.43. The first-order valence-electron chi connectivity index (χ1n) is 11.9. The van der Waals surface area contributed by atoms with Gasteiger partial charge in [0, 0.05) is 40.5 Å². The molecule has 41 heavy (non-hydrogen) atoms. The van der Waals surface area contributed by atoms with Crippen LogP contribution in [0.3, 0.4) is 0 Å². The Balaban J connectivity index is 1.36. The zero-order valence-electron chi connectivity index (χ0n) is 20.9. The van der Waals surface area contributed by atoms with Gasteiger partial charge in [0.2, 0.25) is 5.78 Å². The van der Waals surface area contributed by atoms with Crippen molar-refractivity contribution in [3.8, 4) is 16.4 Å². The number of H-pyrrole nitrogens is 1. The predicted molar refractivity (Wildman–Crippen MR) is 146 cm³/mol. The lowest BCUT2D eigenvalue weighted by Gasteiger charge is -2.12. The van der Waals surface area contributed by atoms with Crippen molar-refractivity contribution < 1.29 is 26.4 Å². The molecule has 0 aliphatic rings. The van der Waals surface area contributed by atoms with E-state index in [1.165, 1.54) is 23.6 Å². The molecule has 2 aromatic carbocycles. The maximum atomic E-state index is 15.5. The van der Waals surface area contributed by atoms with E-state index in [0.29, 0.717) is 22.0 Å². The van der Waals surface area contributed by atoms with E-state index in [4.69, 9.17) is 0 Å². The summed E-state index contributed by atoms with van der Waals surface area (Å²) < 4.78 is 73.0. The Bertz CT molecular complexity index is 2090. The van der Waals surface area contributed by atoms with Crippen molar-refractivity contribution in [2.75, 3.05) is 4.72 Å². The largest absolute Gasteiger partial charge is 0.345 e. The van der Waals surface area contributed by atoms with E-state index in [1.807, 2.05) is 17.8 Å². The van der Waals surface area contributed by atoms with Crippen LogP contribution in [0.15, 0.2) is 77.7 Å². The third kappa shape index (κ3) is 4.87. The number of anilines is 1. The van der Waals surface area contributed by atoms with Crippen LogP contribution in [0.2, 0.25) is 0 Å². The molecule has 0 atom stereocenters. The summed E-state index contributed by atoms with van der Waals surface area (Å²) in [6.45, 7) is 1.86. The Morgan fingerprint density at radius 2 is 1.93 bits per heavy atom. The topological polar surface area (TPSA) is 123 Å². The lowest BCUT2D eigenvalue weighted by Crippen LogP contribution is -2.16. The first kappa shape index (κ1) is 26.4. The van der Waals surface area contributed by atoms with Crippen LogP contribution in [-0.4, -0.2) is 38.7 Å². The summed E-state index contributed by atoms with van der Waals surface area (Å²) in [7, 11) is -4.45. The number of halogens is 3. The molecule has 0 aliphatic heterocycles. The zero-order chi connectivity index (χ0) is 28.9. The Labute approximate surface area is 234 Å². The van der Waals surface area contributed by atoms with Crippen LogP contribution in [0.25, 0.3) is 27.4 Å². The molecule has 4 heterocycles. The quantitative estimate of drug-likeness (QED) is 0.231. The van der Waals surface area contributed by atoms with Gasteiger partial charge in [0.25, 0.3) is 10.0 Å². The highest BCUT2D eigenvalue weighted by Crippen LogP contribution is 2.31. The number of pyridine rings is 1. The average molecular weight is 595 g/mol. The highest BCUT2D eigenvalue weighted by Gasteiger charge is 2.27. The number of aryl methyl sites for hydroxylation is 1. The van der Waals surface area contributed by atoms with Gasteiger partial charge in [-0.05, 0) is 43.3 Å². The third-order valence-electron chi connectivity index (χ3n) is 6.16. The van der Waals surface area contributed by atoms with Crippen molar-refractivity contribution in [2.24, 2.45) is 0 Å². The van der Waals surface area contributed by atoms with E-state index < -0.39 is 49.4 Å². The minimum atomic E-state index is -4.45. The molecule has 6 rings (SSSR count). The van der Waals surface area contributed by atoms with E-state index in [2.05, 4.69) is 19.9 Å². The maximum Gasteiger partial charge on any atom is 0.262 e. The number of hydrogen-bond donors (Lipinski definition) is 2. The van der Waals surface area contributed by atoms with E-state index in [9.17, 15) is 22.0 Å². The number of rotatable bonds is 7. The number of imidazole rings is 1. The van der Waals surface area contributed by atoms with Crippen LogP contribution in [0, 0.1) is 24.4 Å². The molecule has 0 radical (unpaired) electrons. The van der Waals surface area contributed by atoms with Gasteiger partial charge in [-0.2, -0.15) is 0 Å². The lowest BCUT2D eigenvalue weighted by molar-refractivity contribution is 0.103. The van der Waals surface area contributed by atoms with Crippen LogP contribution in [0.4, 0.5) is 18.9 Å². The van der Waals surface area contributed by atoms with Gasteiger partial charge in [0.15, 0.2) is 10.9 Å². The summed E-state index contributed by atoms with van der Waals surface area (Å²) in [5.41, 5.74) is 0.509. The number of ketones is 1. The van der Waals surface area contributed by atoms with E-state index in [0.717, 1.165) is 36.0 Å². The fraction of sp³-hybridized carbons (Fsp3) is 0.0370. The van der Waals surface area contributed by atoms with Gasteiger partial charge >= 0.3 is 0 Å². The molecule has 14 heteroatoms. The number of nitrogens with zero attached hydrogens (tertiary/aromatic N) is 4. The molecular weight excluding hydrogens is 577 g/mol. The number of benzene rings is 2. The first-order chi connectivity index (χ1) is 19.6. The van der Waals surface area contributed by atoms with Gasteiger partial charge < -0.3 is 4.98 Å². The van der Waals surface area contributed by atoms with Gasteiger partial charge in [-0.25, -0.2) is 36.5 Å². The maximum absolute atomic E-state index is 15.5. The van der Waals surface area contributed by atoms with Crippen molar-refractivity contribution in [1.82, 2.24) is 24.5 Å². The minimum absolute atomic E-state index is 0.0852. The van der Waals surface area contributed by atoms with Gasteiger partial charge in [-0.15, -0.1) is 11.3 Å². The number of carbonyl (C=O) groups excluding carboxylic acids is 1. The van der Waals surface area contributed by atoms with Crippen LogP contribution in [0.1, 0.15) is 21.6 Å². The number of sulfonamides is 1. The number of hydrogen-bond acceptors (Lipinski definition) is 7. The van der Waals surface area contributed by atoms with Gasteiger partial charge in [0.1, 0.15) is 23.6 Å². The zero-order valence-corrected chi connectivity index (χ0v) is 22.5. The number of aromatic nitrogens is 5. The normalized spacial score (nSPS) is 11.7. The van der Waals surface area contributed by atoms with E-state index in [1.54, 1.807) is 28.5 Å². The molecule has 9 nitrogen and oxygen atoms in total. The van der Waals surface area contributed by atoms with Crippen molar-refractivity contribution in [1.29, 1.82) is 0 Å². The molecule has 0 spiro atoms. The fourth-order valence-electron chi connectivity index (χ4n) is 4.18. The van der Waals surface area contributed by atoms with E-state index in [-0.39, 0.29) is 10.9 Å². The first-order valence-corrected chi connectivity index (χ1v) is 14.2. The highest BCUT2D eigenvalue weighted by molar-refractivity contribution is 7.92. The molecule has 0 unspecified atom stereocenters. The Morgan fingerprint density at radius 3 is 2.68 bits per heavy atom. The average Bonchev–Trinajstić information content (AvgIpc) is 3.69. The van der Waals surface area contributed by atoms with Crippen molar-refractivity contribution in [3.63, 3.8) is 0 Å². The second kappa shape index (κ2) is 9.98. The standard InChI is InChI=1S/C27H17F3N6O3S2/c1-14-11-36(13-33-14)27-34-22(12-40-27)15-7-18-19(10-32-26(18)31-9-15)25(37)23-20(29)5-6-21(24(23)30)35-41(38,39)17-4-2-3-16(28)8-17/h2-13,35H,1H3,(H,31,32). The summed E-state index contributed by atoms with van der Waals surface area (Å²) in [5, 5.41) is 2.74. The molecule has 6 aromatic rings. The third-order valence-corrected chi connectivity index (χ3v) is 8.38. The second-order valence-electron chi connectivity index (χ2n) is 8.94.